The van der Waals surface area contributed by atoms with Crippen molar-refractivity contribution in [3.63, 3.8) is 0 Å². The number of aryl methyl sites for hydroxylation is 1. The quantitative estimate of drug-likeness (QED) is 0.0185. The van der Waals surface area contributed by atoms with Gasteiger partial charge >= 0.3 is 12.0 Å². The first-order chi connectivity index (χ1) is 56.8. The summed E-state index contributed by atoms with van der Waals surface area (Å²) in [4.78, 5) is 82.4. The van der Waals surface area contributed by atoms with Crippen molar-refractivity contribution in [2.45, 2.75) is 121 Å². The number of urea groups is 1. The number of carbonyl (C=O) groups is 5. The van der Waals surface area contributed by atoms with Crippen LogP contribution in [-0.2, 0) is 104 Å². The van der Waals surface area contributed by atoms with Gasteiger partial charge in [-0.1, -0.05) is 91.9 Å². The minimum absolute atomic E-state index is 0.0356. The van der Waals surface area contributed by atoms with Crippen LogP contribution in [-0.4, -0.2) is 277 Å². The molecule has 0 spiro atoms. The molecule has 1 aromatic heterocycles. The number of amides is 6. The van der Waals surface area contributed by atoms with E-state index in [2.05, 4.69) is 61.5 Å². The van der Waals surface area contributed by atoms with Crippen molar-refractivity contribution in [3.8, 4) is 12.1 Å². The first-order valence-electron chi connectivity index (χ1n) is 40.8. The highest BCUT2D eigenvalue weighted by Crippen LogP contribution is 2.38. The average molecular weight is 1660 g/mol. The number of anilines is 3. The van der Waals surface area contributed by atoms with Crippen LogP contribution in [0.2, 0.25) is 10.0 Å². The Hall–Kier alpha value is -7.81. The van der Waals surface area contributed by atoms with Gasteiger partial charge < -0.3 is 91.8 Å². The van der Waals surface area contributed by atoms with Gasteiger partial charge in [0.2, 0.25) is 11.8 Å². The summed E-state index contributed by atoms with van der Waals surface area (Å²) in [5.41, 5.74) is 6.60. The molecule has 0 saturated carbocycles. The number of nitrogens with zero attached hydrogens (tertiary/aromatic N) is 8. The zero-order valence-electron chi connectivity index (χ0n) is 66.7. The molecule has 3 N–H and O–H groups in total. The largest absolute Gasteiger partial charge is 0.462 e. The molecule has 32 heteroatoms. The van der Waals surface area contributed by atoms with E-state index in [0.717, 1.165) is 115 Å². The van der Waals surface area contributed by atoms with E-state index >= 15 is 0 Å². The second-order valence-electron chi connectivity index (χ2n) is 28.8. The van der Waals surface area contributed by atoms with Crippen molar-refractivity contribution in [3.05, 3.63) is 129 Å². The van der Waals surface area contributed by atoms with Crippen LogP contribution in [0.3, 0.4) is 0 Å². The number of aromatic nitrogens is 2. The lowest BCUT2D eigenvalue weighted by Gasteiger charge is -2.42. The number of unbranched alkanes of at least 4 members (excludes halogenated alkanes) is 5. The molecule has 5 aliphatic heterocycles. The molecular weight excluding hydrogens is 1540 g/mol. The highest BCUT2D eigenvalue weighted by Gasteiger charge is 2.40. The van der Waals surface area contributed by atoms with Crippen molar-refractivity contribution in [2.75, 3.05) is 220 Å². The van der Waals surface area contributed by atoms with Gasteiger partial charge in [-0.25, -0.2) is 9.18 Å². The SMILES string of the molecule is C=C(F)C(=O)N1CCN(c2nc(OC[C@@H]3CCCN3CCOCCOCCOCCOCCOCCOCCOCCOCCOCCOCCOCCOCCCCCCCCc3cc(Cl)cc(NC(=O)NCc4ccc5c(c4)CN(C4CCC(=O)NC4=O)C5=O)c3)nc3c2CCN(c2cccc4cccc(Cl)c24)C3)C[C@@H]1CC#N. The Morgan fingerprint density at radius 1 is 0.612 bits per heavy atom. The van der Waals surface area contributed by atoms with Crippen LogP contribution in [0.15, 0.2) is 85.2 Å². The zero-order chi connectivity index (χ0) is 81.3. The van der Waals surface area contributed by atoms with Crippen LogP contribution in [0.25, 0.3) is 10.8 Å². The molecule has 29 nitrogen and oxygen atoms in total. The van der Waals surface area contributed by atoms with Crippen LogP contribution >= 0.6 is 23.2 Å². The molecule has 0 radical (unpaired) electrons. The third kappa shape index (κ3) is 29.9. The lowest BCUT2D eigenvalue weighted by Crippen LogP contribution is -2.55. The van der Waals surface area contributed by atoms with Gasteiger partial charge in [0.1, 0.15) is 18.5 Å². The number of piperidine rings is 1. The molecule has 5 aromatic rings. The number of hydrogen-bond donors (Lipinski definition) is 3. The Balaban J connectivity index is 0.441. The van der Waals surface area contributed by atoms with Gasteiger partial charge in [-0.3, -0.25) is 29.4 Å². The number of halogens is 3. The van der Waals surface area contributed by atoms with E-state index in [9.17, 15) is 33.6 Å². The van der Waals surface area contributed by atoms with E-state index in [1.165, 1.54) is 9.80 Å². The van der Waals surface area contributed by atoms with Gasteiger partial charge in [-0.05, 0) is 110 Å². The number of nitrogens with one attached hydrogen (secondary N) is 3. The fourth-order valence-corrected chi connectivity index (χ4v) is 15.2. The lowest BCUT2D eigenvalue weighted by molar-refractivity contribution is -0.137. The monoisotopic (exact) mass is 1650 g/mol. The van der Waals surface area contributed by atoms with E-state index in [-0.39, 0.29) is 62.4 Å². The molecule has 116 heavy (non-hydrogen) atoms. The molecule has 0 bridgehead atoms. The Kier molecular flexibility index (Phi) is 39.7. The Bertz CT molecular complexity index is 3960. The molecule has 10 rings (SSSR count). The van der Waals surface area contributed by atoms with Gasteiger partial charge in [0, 0.05) is 97.8 Å². The number of fused-ring (bicyclic) bond motifs is 3. The maximum absolute atomic E-state index is 14.1. The Morgan fingerprint density at radius 2 is 1.21 bits per heavy atom. The van der Waals surface area contributed by atoms with Crippen LogP contribution in [0, 0.1) is 11.3 Å². The number of nitriles is 1. The van der Waals surface area contributed by atoms with Crippen molar-refractivity contribution < 1.29 is 89.9 Å². The highest BCUT2D eigenvalue weighted by atomic mass is 35.5. The summed E-state index contributed by atoms with van der Waals surface area (Å²) in [5.74, 6) is -2.15. The summed E-state index contributed by atoms with van der Waals surface area (Å²) in [7, 11) is 0. The number of benzene rings is 4. The normalized spacial score (nSPS) is 16.9. The molecule has 0 aliphatic carbocycles. The van der Waals surface area contributed by atoms with E-state index < -0.39 is 29.7 Å². The maximum Gasteiger partial charge on any atom is 0.319 e. The van der Waals surface area contributed by atoms with Gasteiger partial charge in [-0.2, -0.15) is 15.2 Å². The Morgan fingerprint density at radius 3 is 1.82 bits per heavy atom. The second-order valence-corrected chi connectivity index (χ2v) is 29.7. The molecule has 6 amide bonds. The van der Waals surface area contributed by atoms with Crippen molar-refractivity contribution in [2.24, 2.45) is 0 Å². The number of rotatable bonds is 56. The summed E-state index contributed by atoms with van der Waals surface area (Å²) in [6.45, 7) is 19.4. The predicted molar refractivity (Wildman–Crippen MR) is 435 cm³/mol. The third-order valence-corrected chi connectivity index (χ3v) is 21.1. The van der Waals surface area contributed by atoms with Crippen molar-refractivity contribution in [1.29, 1.82) is 5.26 Å². The Labute approximate surface area is 689 Å². The van der Waals surface area contributed by atoms with Crippen LogP contribution in [0.5, 0.6) is 6.01 Å². The fourth-order valence-electron chi connectivity index (χ4n) is 14.7. The number of hydrogen-bond acceptors (Lipinski definition) is 24. The van der Waals surface area contributed by atoms with E-state index in [4.69, 9.17) is 94.7 Å². The number of carbonyl (C=O) groups excluding carboxylic acids is 5. The van der Waals surface area contributed by atoms with Gasteiger partial charge in [0.15, 0.2) is 5.83 Å². The number of imide groups is 1. The van der Waals surface area contributed by atoms with Crippen LogP contribution in [0.1, 0.15) is 109 Å². The number of ether oxygens (including phenoxy) is 13. The minimum atomic E-state index is -1.04. The lowest BCUT2D eigenvalue weighted by atomic mass is 10.0. The molecule has 6 heterocycles. The highest BCUT2D eigenvalue weighted by molar-refractivity contribution is 6.36. The predicted octanol–water partition coefficient (Wildman–Crippen LogP) is 9.62. The van der Waals surface area contributed by atoms with Gasteiger partial charge in [0.25, 0.3) is 11.8 Å². The maximum atomic E-state index is 14.1. The smallest absolute Gasteiger partial charge is 0.319 e. The zero-order valence-corrected chi connectivity index (χ0v) is 68.2. The summed E-state index contributed by atoms with van der Waals surface area (Å²) >= 11 is 13.2. The third-order valence-electron chi connectivity index (χ3n) is 20.6. The summed E-state index contributed by atoms with van der Waals surface area (Å²) in [6.07, 6.45) is 10.5. The minimum Gasteiger partial charge on any atom is -0.462 e. The average Bonchev–Trinajstić information content (AvgIpc) is 1.41. The molecule has 3 fully saturated rings. The molecular formula is C84H114Cl2FN11O18. The molecule has 4 aromatic carbocycles. The van der Waals surface area contributed by atoms with Crippen molar-refractivity contribution >= 4 is 80.8 Å². The van der Waals surface area contributed by atoms with Gasteiger partial charge in [0.05, 0.1) is 188 Å². The van der Waals surface area contributed by atoms with E-state index in [1.54, 1.807) is 18.2 Å². The molecule has 3 atom stereocenters. The summed E-state index contributed by atoms with van der Waals surface area (Å²) in [6, 6.07) is 24.0. The van der Waals surface area contributed by atoms with Gasteiger partial charge in [-0.15, -0.1) is 0 Å². The summed E-state index contributed by atoms with van der Waals surface area (Å²) < 4.78 is 88.5. The molecule has 1 unspecified atom stereocenters. The fraction of sp³-hybridized carbons (Fsp3) is 0.595. The standard InChI is InChI=1S/C84H114Cl2FN11O18/c1-62(87)81(101)97-27-26-96(59-69(97)21-23-88)79-72-22-25-95(75-16-9-13-65-12-8-15-73(86)78(65)75)60-74(72)91-84(93-79)116-61-70-14-10-24-94(70)28-30-105-32-34-107-36-38-109-40-42-111-44-46-113-48-50-115-52-51-114-49-47-112-45-43-110-41-39-108-37-35-106-33-31-104-29-7-5-3-2-4-6-11-63-54-67(85)56-68(55-63)90-83(103)89-57-64-17-18-71-66(53-64)58-98(82(71)102)76-19-20-77(99)92-80(76)100/h8-9,12-13,15-18,53-56,69-70,76H,1-7,10-11,14,19-22,24-52,57-61H2,(H2,89,90,103)(H,92,99,100)/t69-,70-,76?/m0/s1. The first-order valence-corrected chi connectivity index (χ1v) is 41.6. The van der Waals surface area contributed by atoms with Crippen LogP contribution < -0.4 is 30.5 Å². The number of piperazine rings is 1. The van der Waals surface area contributed by atoms with Crippen molar-refractivity contribution in [1.82, 2.24) is 35.3 Å². The molecule has 634 valence electrons. The summed E-state index contributed by atoms with van der Waals surface area (Å²) in [5, 5.41) is 21.1. The topological polar surface area (TPSA) is 307 Å². The number of likely N-dealkylation sites (tertiary alicyclic amines) is 1. The second kappa shape index (κ2) is 50.8. The van der Waals surface area contributed by atoms with E-state index in [1.807, 2.05) is 36.4 Å². The van der Waals surface area contributed by atoms with E-state index in [0.29, 0.717) is 231 Å². The molecule has 5 aliphatic rings. The first kappa shape index (κ1) is 90.5. The van der Waals surface area contributed by atoms with Crippen LogP contribution in [0.4, 0.5) is 26.4 Å². The molecule has 3 saturated heterocycles.